The average molecular weight is 330 g/mol. The molecule has 2 unspecified atom stereocenters. The van der Waals surface area contributed by atoms with Gasteiger partial charge in [0.15, 0.2) is 5.78 Å². The van der Waals surface area contributed by atoms with Gasteiger partial charge in [-0.2, -0.15) is 0 Å². The van der Waals surface area contributed by atoms with Gasteiger partial charge in [0, 0.05) is 12.3 Å². The molecule has 24 heavy (non-hydrogen) atoms. The fraction of sp³-hybridized carbons (Fsp3) is 0.500. The molecule has 0 aromatic rings. The third-order valence-corrected chi connectivity index (χ3v) is 4.61. The Hall–Kier alpha value is -2.10. The van der Waals surface area contributed by atoms with Crippen molar-refractivity contribution in [2.45, 2.75) is 40.0 Å². The number of allylic oxidation sites excluding steroid dienone is 6. The van der Waals surface area contributed by atoms with Crippen molar-refractivity contribution in [1.29, 1.82) is 0 Å². The van der Waals surface area contributed by atoms with E-state index >= 15 is 0 Å². The van der Waals surface area contributed by atoms with Crippen molar-refractivity contribution in [2.24, 2.45) is 17.3 Å². The number of ether oxygens (including phenoxy) is 1. The maximum Gasteiger partial charge on any atom is 0.314 e. The highest BCUT2D eigenvalue weighted by Gasteiger charge is 2.41. The van der Waals surface area contributed by atoms with Crippen LogP contribution in [0.3, 0.4) is 0 Å². The van der Waals surface area contributed by atoms with Crippen LogP contribution in [0.15, 0.2) is 47.8 Å². The maximum absolute atomic E-state index is 12.4. The van der Waals surface area contributed by atoms with E-state index in [2.05, 4.69) is 6.58 Å². The van der Waals surface area contributed by atoms with E-state index < -0.39 is 17.8 Å². The highest BCUT2D eigenvalue weighted by atomic mass is 16.5. The second kappa shape index (κ2) is 7.20. The molecule has 0 saturated carbocycles. The molecule has 2 atom stereocenters. The number of Topliss-reactive ketones (excluding diaryl/α,β-unsaturated/α-hetero) is 1. The van der Waals surface area contributed by atoms with Gasteiger partial charge in [0.1, 0.15) is 12.5 Å². The van der Waals surface area contributed by atoms with Crippen molar-refractivity contribution in [1.82, 2.24) is 0 Å². The van der Waals surface area contributed by atoms with Crippen LogP contribution in [0.25, 0.3) is 0 Å². The molecule has 0 radical (unpaired) electrons. The summed E-state index contributed by atoms with van der Waals surface area (Å²) in [6, 6.07) is 0. The molecule has 0 aromatic heterocycles. The van der Waals surface area contributed by atoms with Crippen LogP contribution in [0.1, 0.15) is 40.0 Å². The van der Waals surface area contributed by atoms with Crippen LogP contribution in [0, 0.1) is 17.3 Å². The van der Waals surface area contributed by atoms with Crippen LogP contribution >= 0.6 is 0 Å². The fourth-order valence-electron chi connectivity index (χ4n) is 3.02. The quantitative estimate of drug-likeness (QED) is 0.772. The summed E-state index contributed by atoms with van der Waals surface area (Å²) in [5.74, 6) is -2.13. The average Bonchev–Trinajstić information content (AvgIpc) is 2.53. The van der Waals surface area contributed by atoms with Crippen molar-refractivity contribution >= 4 is 11.8 Å². The van der Waals surface area contributed by atoms with Crippen LogP contribution in [0.5, 0.6) is 0 Å². The van der Waals surface area contributed by atoms with E-state index in [1.165, 1.54) is 5.57 Å². The molecule has 0 fully saturated rings. The SMILES string of the molecule is C=CC1=CC=C(COC2=CC(C(C)(C)C)C(=O)C(C(=O)O)C2)CC1. The lowest BCUT2D eigenvalue weighted by Crippen LogP contribution is -2.39. The molecule has 4 heteroatoms. The van der Waals surface area contributed by atoms with Crippen LogP contribution < -0.4 is 0 Å². The molecule has 2 aliphatic rings. The summed E-state index contributed by atoms with van der Waals surface area (Å²) in [5, 5.41) is 9.35. The minimum atomic E-state index is -1.07. The first-order valence-electron chi connectivity index (χ1n) is 8.33. The normalized spacial score (nSPS) is 24.6. The third kappa shape index (κ3) is 4.25. The van der Waals surface area contributed by atoms with Gasteiger partial charge in [-0.25, -0.2) is 0 Å². The van der Waals surface area contributed by atoms with Crippen molar-refractivity contribution in [3.63, 3.8) is 0 Å². The molecule has 0 aromatic carbocycles. The van der Waals surface area contributed by atoms with Gasteiger partial charge in [0.25, 0.3) is 0 Å². The van der Waals surface area contributed by atoms with Crippen molar-refractivity contribution in [3.8, 4) is 0 Å². The minimum Gasteiger partial charge on any atom is -0.494 e. The summed E-state index contributed by atoms with van der Waals surface area (Å²) < 4.78 is 5.87. The van der Waals surface area contributed by atoms with Crippen molar-refractivity contribution in [3.05, 3.63) is 47.8 Å². The molecule has 0 saturated heterocycles. The smallest absolute Gasteiger partial charge is 0.314 e. The number of rotatable bonds is 5. The number of ketones is 1. The lowest BCUT2D eigenvalue weighted by Gasteiger charge is -2.33. The van der Waals surface area contributed by atoms with Crippen LogP contribution in [0.4, 0.5) is 0 Å². The van der Waals surface area contributed by atoms with Gasteiger partial charge in [-0.3, -0.25) is 9.59 Å². The van der Waals surface area contributed by atoms with Crippen LogP contribution in [-0.2, 0) is 14.3 Å². The Kier molecular flexibility index (Phi) is 5.47. The molecule has 1 N–H and O–H groups in total. The lowest BCUT2D eigenvalue weighted by molar-refractivity contribution is -0.149. The van der Waals surface area contributed by atoms with Gasteiger partial charge >= 0.3 is 5.97 Å². The van der Waals surface area contributed by atoms with Gasteiger partial charge in [-0.15, -0.1) is 0 Å². The number of carboxylic acid groups (broad SMARTS) is 1. The largest absolute Gasteiger partial charge is 0.494 e. The van der Waals surface area contributed by atoms with E-state index in [0.717, 1.165) is 18.4 Å². The zero-order valence-corrected chi connectivity index (χ0v) is 14.7. The van der Waals surface area contributed by atoms with E-state index in [1.54, 1.807) is 0 Å². The Morgan fingerprint density at radius 2 is 2.08 bits per heavy atom. The number of hydrogen-bond acceptors (Lipinski definition) is 3. The number of hydrogen-bond donors (Lipinski definition) is 1. The van der Waals surface area contributed by atoms with Crippen molar-refractivity contribution in [2.75, 3.05) is 6.61 Å². The Morgan fingerprint density at radius 1 is 1.38 bits per heavy atom. The van der Waals surface area contributed by atoms with Crippen LogP contribution in [-0.4, -0.2) is 23.5 Å². The van der Waals surface area contributed by atoms with Gasteiger partial charge in [-0.1, -0.05) is 45.6 Å². The molecule has 0 heterocycles. The predicted octanol–water partition coefficient (Wildman–Crippen LogP) is 4.06. The highest BCUT2D eigenvalue weighted by Crippen LogP contribution is 2.37. The fourth-order valence-corrected chi connectivity index (χ4v) is 3.02. The summed E-state index contributed by atoms with van der Waals surface area (Å²) >= 11 is 0. The lowest BCUT2D eigenvalue weighted by atomic mass is 9.71. The molecule has 0 amide bonds. The summed E-state index contributed by atoms with van der Waals surface area (Å²) in [4.78, 5) is 23.9. The number of carboxylic acids is 1. The topological polar surface area (TPSA) is 63.6 Å². The zero-order valence-electron chi connectivity index (χ0n) is 14.7. The van der Waals surface area contributed by atoms with E-state index in [9.17, 15) is 14.7 Å². The Morgan fingerprint density at radius 3 is 2.58 bits per heavy atom. The Balaban J connectivity index is 2.12. The Bertz CT molecular complexity index is 629. The maximum atomic E-state index is 12.4. The van der Waals surface area contributed by atoms with Gasteiger partial charge in [0.05, 0.1) is 5.76 Å². The van der Waals surface area contributed by atoms with Crippen LogP contribution in [0.2, 0.25) is 0 Å². The predicted molar refractivity (Wildman–Crippen MR) is 93.3 cm³/mol. The molecular weight excluding hydrogens is 304 g/mol. The number of carbonyl (C=O) groups excluding carboxylic acids is 1. The monoisotopic (exact) mass is 330 g/mol. The van der Waals surface area contributed by atoms with E-state index in [0.29, 0.717) is 12.4 Å². The summed E-state index contributed by atoms with van der Waals surface area (Å²) in [7, 11) is 0. The van der Waals surface area contributed by atoms with Crippen molar-refractivity contribution < 1.29 is 19.4 Å². The minimum absolute atomic E-state index is 0.141. The Labute approximate surface area is 143 Å². The standard InChI is InChI=1S/C20H26O4/c1-5-13-6-8-14(9-7-13)12-24-15-10-16(19(22)23)18(21)17(11-15)20(2,3)4/h5-6,8,11,16-17H,1,7,9-10,12H2,2-4H3,(H,22,23). The van der Waals surface area contributed by atoms with E-state index in [4.69, 9.17) is 4.74 Å². The second-order valence-corrected chi connectivity index (χ2v) is 7.53. The third-order valence-electron chi connectivity index (χ3n) is 4.61. The van der Waals surface area contributed by atoms with E-state index in [1.807, 2.05) is 45.1 Å². The first kappa shape index (κ1) is 18.2. The molecular formula is C20H26O4. The van der Waals surface area contributed by atoms with Gasteiger partial charge in [0.2, 0.25) is 0 Å². The molecule has 2 rings (SSSR count). The first-order valence-corrected chi connectivity index (χ1v) is 8.33. The molecule has 4 nitrogen and oxygen atoms in total. The van der Waals surface area contributed by atoms with E-state index in [-0.39, 0.29) is 17.6 Å². The summed E-state index contributed by atoms with van der Waals surface area (Å²) in [6.07, 6.45) is 9.73. The molecule has 0 spiro atoms. The molecule has 130 valence electrons. The van der Waals surface area contributed by atoms with Gasteiger partial charge < -0.3 is 9.84 Å². The number of carbonyl (C=O) groups is 2. The number of aliphatic carboxylic acids is 1. The molecule has 2 aliphatic carbocycles. The zero-order chi connectivity index (χ0) is 17.9. The molecule has 0 bridgehead atoms. The first-order chi connectivity index (χ1) is 11.2. The second-order valence-electron chi connectivity index (χ2n) is 7.53. The van der Waals surface area contributed by atoms with Gasteiger partial charge in [-0.05, 0) is 35.5 Å². The summed E-state index contributed by atoms with van der Waals surface area (Å²) in [6.45, 7) is 10.0. The highest BCUT2D eigenvalue weighted by molar-refractivity contribution is 6.01. The molecule has 0 aliphatic heterocycles. The summed E-state index contributed by atoms with van der Waals surface area (Å²) in [5.41, 5.74) is 2.04.